The molecule has 16 heavy (non-hydrogen) atoms. The summed E-state index contributed by atoms with van der Waals surface area (Å²) < 4.78 is 13.7. The number of hydrogen-bond acceptors (Lipinski definition) is 2. The van der Waals surface area contributed by atoms with Crippen molar-refractivity contribution in [2.24, 2.45) is 0 Å². The van der Waals surface area contributed by atoms with Crippen molar-refractivity contribution < 1.29 is 14.0 Å². The van der Waals surface area contributed by atoms with E-state index in [2.05, 4.69) is 5.32 Å². The van der Waals surface area contributed by atoms with E-state index in [4.69, 9.17) is 0 Å². The summed E-state index contributed by atoms with van der Waals surface area (Å²) in [5.41, 5.74) is 0.276. The molecule has 4 nitrogen and oxygen atoms in total. The maximum Gasteiger partial charge on any atom is 0.253 e. The number of halogens is 1. The van der Waals surface area contributed by atoms with Crippen molar-refractivity contribution in [3.63, 3.8) is 0 Å². The van der Waals surface area contributed by atoms with Crippen LogP contribution in [-0.4, -0.2) is 24.9 Å². The topological polar surface area (TPSA) is 49.4 Å². The number of carbonyl (C=O) groups excluding carboxylic acids is 2. The number of amides is 2. The summed E-state index contributed by atoms with van der Waals surface area (Å²) in [6.45, 7) is 1.97. The van der Waals surface area contributed by atoms with Crippen molar-refractivity contribution in [3.8, 4) is 0 Å². The third-order valence-corrected chi connectivity index (χ3v) is 2.50. The minimum atomic E-state index is -0.551. The Labute approximate surface area is 92.0 Å². The highest BCUT2D eigenvalue weighted by Gasteiger charge is 2.25. The average molecular weight is 222 g/mol. The van der Waals surface area contributed by atoms with Crippen LogP contribution in [0.3, 0.4) is 0 Å². The van der Waals surface area contributed by atoms with Crippen molar-refractivity contribution >= 4 is 17.5 Å². The van der Waals surface area contributed by atoms with Crippen LogP contribution in [-0.2, 0) is 4.79 Å². The third-order valence-electron chi connectivity index (χ3n) is 2.50. The Hall–Kier alpha value is -1.91. The fraction of sp³-hybridized carbons (Fsp3) is 0.273. The van der Waals surface area contributed by atoms with Crippen LogP contribution in [0.1, 0.15) is 17.3 Å². The van der Waals surface area contributed by atoms with E-state index in [1.807, 2.05) is 0 Å². The van der Waals surface area contributed by atoms with Crippen molar-refractivity contribution in [2.45, 2.75) is 6.92 Å². The minimum Gasteiger partial charge on any atom is -0.350 e. The van der Waals surface area contributed by atoms with Crippen molar-refractivity contribution in [3.05, 3.63) is 29.6 Å². The second-order valence-electron chi connectivity index (χ2n) is 3.56. The first kappa shape index (κ1) is 10.6. The molecule has 84 valence electrons. The molecule has 1 heterocycles. The molecule has 0 saturated heterocycles. The Morgan fingerprint density at radius 1 is 1.50 bits per heavy atom. The van der Waals surface area contributed by atoms with Gasteiger partial charge in [-0.2, -0.15) is 0 Å². The Bertz CT molecular complexity index is 459. The molecule has 0 aliphatic carbocycles. The minimum absolute atomic E-state index is 0.0741. The number of rotatable bonds is 0. The van der Waals surface area contributed by atoms with E-state index in [0.717, 1.165) is 0 Å². The SMILES string of the molecule is CC(=O)N1CCNC(=O)c2cccc(F)c21. The van der Waals surface area contributed by atoms with Crippen LogP contribution >= 0.6 is 0 Å². The van der Waals surface area contributed by atoms with Gasteiger partial charge in [0.2, 0.25) is 5.91 Å². The summed E-state index contributed by atoms with van der Waals surface area (Å²) >= 11 is 0. The van der Waals surface area contributed by atoms with Crippen molar-refractivity contribution in [1.82, 2.24) is 5.32 Å². The van der Waals surface area contributed by atoms with Crippen molar-refractivity contribution in [2.75, 3.05) is 18.0 Å². The summed E-state index contributed by atoms with van der Waals surface area (Å²) in [4.78, 5) is 24.3. The van der Waals surface area contributed by atoms with Crippen LogP contribution in [0.25, 0.3) is 0 Å². The van der Waals surface area contributed by atoms with E-state index < -0.39 is 5.82 Å². The van der Waals surface area contributed by atoms with Gasteiger partial charge in [0.05, 0.1) is 11.3 Å². The first-order valence-corrected chi connectivity index (χ1v) is 4.96. The van der Waals surface area contributed by atoms with Crippen LogP contribution in [0.2, 0.25) is 0 Å². The molecule has 1 N–H and O–H groups in total. The molecule has 2 amide bonds. The lowest BCUT2D eigenvalue weighted by Crippen LogP contribution is -2.33. The largest absolute Gasteiger partial charge is 0.350 e. The number of nitrogens with zero attached hydrogens (tertiary/aromatic N) is 1. The second-order valence-corrected chi connectivity index (χ2v) is 3.56. The van der Waals surface area contributed by atoms with E-state index in [1.165, 1.54) is 30.0 Å². The van der Waals surface area contributed by atoms with Crippen LogP contribution in [0, 0.1) is 5.82 Å². The molecule has 0 saturated carbocycles. The van der Waals surface area contributed by atoms with Gasteiger partial charge in [-0.25, -0.2) is 4.39 Å². The zero-order valence-corrected chi connectivity index (χ0v) is 8.79. The van der Waals surface area contributed by atoms with Gasteiger partial charge in [-0.3, -0.25) is 9.59 Å². The molecule has 0 radical (unpaired) electrons. The van der Waals surface area contributed by atoms with Crippen LogP contribution < -0.4 is 10.2 Å². The zero-order chi connectivity index (χ0) is 11.7. The van der Waals surface area contributed by atoms with Crippen LogP contribution in [0.5, 0.6) is 0 Å². The van der Waals surface area contributed by atoms with Crippen LogP contribution in [0.15, 0.2) is 18.2 Å². The predicted octanol–water partition coefficient (Wildman–Crippen LogP) is 0.922. The highest BCUT2D eigenvalue weighted by Crippen LogP contribution is 2.25. The number of nitrogens with one attached hydrogen (secondary N) is 1. The molecular weight excluding hydrogens is 211 g/mol. The highest BCUT2D eigenvalue weighted by atomic mass is 19.1. The normalized spacial score (nSPS) is 15.1. The van der Waals surface area contributed by atoms with Gasteiger partial charge in [-0.1, -0.05) is 6.07 Å². The predicted molar refractivity (Wildman–Crippen MR) is 56.8 cm³/mol. The standard InChI is InChI=1S/C11H11FN2O2/c1-7(15)14-6-5-13-11(16)8-3-2-4-9(12)10(8)14/h2-4H,5-6H2,1H3,(H,13,16). The molecule has 1 aromatic rings. The summed E-state index contributed by atoms with van der Waals surface area (Å²) in [5, 5.41) is 2.61. The molecule has 1 aromatic carbocycles. The summed E-state index contributed by atoms with van der Waals surface area (Å²) in [6, 6.07) is 4.21. The first-order chi connectivity index (χ1) is 7.61. The van der Waals surface area contributed by atoms with Gasteiger partial charge in [0.1, 0.15) is 5.82 Å². The summed E-state index contributed by atoms with van der Waals surface area (Å²) in [7, 11) is 0. The van der Waals surface area contributed by atoms with Gasteiger partial charge in [0.15, 0.2) is 0 Å². The average Bonchev–Trinajstić information content (AvgIpc) is 2.40. The van der Waals surface area contributed by atoms with E-state index >= 15 is 0 Å². The number of fused-ring (bicyclic) bond motifs is 1. The van der Waals surface area contributed by atoms with E-state index in [1.54, 1.807) is 0 Å². The molecule has 1 aliphatic heterocycles. The van der Waals surface area contributed by atoms with Gasteiger partial charge in [-0.15, -0.1) is 0 Å². The van der Waals surface area contributed by atoms with E-state index in [0.29, 0.717) is 6.54 Å². The van der Waals surface area contributed by atoms with Gasteiger partial charge in [-0.05, 0) is 12.1 Å². The van der Waals surface area contributed by atoms with Gasteiger partial charge in [0.25, 0.3) is 5.91 Å². The molecular formula is C11H11FN2O2. The third kappa shape index (κ3) is 1.64. The van der Waals surface area contributed by atoms with Gasteiger partial charge >= 0.3 is 0 Å². The quantitative estimate of drug-likeness (QED) is 0.709. The molecule has 0 atom stereocenters. The monoisotopic (exact) mass is 222 g/mol. The second kappa shape index (κ2) is 3.92. The number of benzene rings is 1. The Morgan fingerprint density at radius 2 is 2.25 bits per heavy atom. The fourth-order valence-corrected chi connectivity index (χ4v) is 1.78. The number of anilines is 1. The number of hydrogen-bond donors (Lipinski definition) is 1. The lowest BCUT2D eigenvalue weighted by Gasteiger charge is -2.20. The Balaban J connectivity index is 2.62. The maximum absolute atomic E-state index is 13.7. The highest BCUT2D eigenvalue weighted by molar-refractivity contribution is 6.05. The molecule has 0 aromatic heterocycles. The molecule has 0 fully saturated rings. The molecule has 2 rings (SSSR count). The zero-order valence-electron chi connectivity index (χ0n) is 8.79. The molecule has 1 aliphatic rings. The molecule has 0 unspecified atom stereocenters. The fourth-order valence-electron chi connectivity index (χ4n) is 1.78. The molecule has 5 heteroatoms. The van der Waals surface area contributed by atoms with Gasteiger partial charge < -0.3 is 10.2 Å². The van der Waals surface area contributed by atoms with E-state index in [9.17, 15) is 14.0 Å². The van der Waals surface area contributed by atoms with Crippen LogP contribution in [0.4, 0.5) is 10.1 Å². The Morgan fingerprint density at radius 3 is 2.94 bits per heavy atom. The lowest BCUT2D eigenvalue weighted by atomic mass is 10.1. The first-order valence-electron chi connectivity index (χ1n) is 4.96. The van der Waals surface area contributed by atoms with Gasteiger partial charge in [0, 0.05) is 20.0 Å². The van der Waals surface area contributed by atoms with E-state index in [-0.39, 0.29) is 29.6 Å². The summed E-state index contributed by atoms with van der Waals surface area (Å²) in [5.74, 6) is -1.18. The molecule has 0 bridgehead atoms. The summed E-state index contributed by atoms with van der Waals surface area (Å²) in [6.07, 6.45) is 0. The van der Waals surface area contributed by atoms with Crippen molar-refractivity contribution in [1.29, 1.82) is 0 Å². The smallest absolute Gasteiger partial charge is 0.253 e. The Kier molecular flexibility index (Phi) is 2.60. The number of carbonyl (C=O) groups is 2. The molecule has 0 spiro atoms. The number of para-hydroxylation sites is 1. The maximum atomic E-state index is 13.7. The lowest BCUT2D eigenvalue weighted by molar-refractivity contribution is -0.116.